The maximum atomic E-state index is 10.7. The van der Waals surface area contributed by atoms with Gasteiger partial charge < -0.3 is 5.11 Å². The summed E-state index contributed by atoms with van der Waals surface area (Å²) in [7, 11) is 0. The highest BCUT2D eigenvalue weighted by atomic mass is 32.2. The molecular weight excluding hydrogens is 188 g/mol. The Hall–Kier alpha value is -0.970. The summed E-state index contributed by atoms with van der Waals surface area (Å²) in [6.45, 7) is 2.47. The van der Waals surface area contributed by atoms with Gasteiger partial charge in [0.05, 0.1) is 5.69 Å². The van der Waals surface area contributed by atoms with Crippen molar-refractivity contribution >= 4 is 17.7 Å². The van der Waals surface area contributed by atoms with Gasteiger partial charge in [0, 0.05) is 12.3 Å². The van der Waals surface area contributed by atoms with E-state index >= 15 is 0 Å². The number of hydrogen-bond donors (Lipinski definition) is 1. The molecule has 72 valence electrons. The second-order valence-electron chi connectivity index (χ2n) is 2.57. The number of aromatic carboxylic acids is 1. The van der Waals surface area contributed by atoms with E-state index in [9.17, 15) is 4.79 Å². The molecule has 0 saturated carbocycles. The summed E-state index contributed by atoms with van der Waals surface area (Å²) in [5.74, 6) is -0.158. The number of rotatable bonds is 4. The van der Waals surface area contributed by atoms with Gasteiger partial charge in [0.25, 0.3) is 0 Å². The van der Waals surface area contributed by atoms with E-state index in [1.807, 2.05) is 13.2 Å². The molecule has 4 nitrogen and oxygen atoms in total. The highest BCUT2D eigenvalue weighted by molar-refractivity contribution is 7.97. The van der Waals surface area contributed by atoms with Crippen LogP contribution in [-0.4, -0.2) is 27.1 Å². The van der Waals surface area contributed by atoms with Crippen LogP contribution in [0.5, 0.6) is 0 Å². The van der Waals surface area contributed by atoms with Crippen LogP contribution in [0.15, 0.2) is 6.07 Å². The summed E-state index contributed by atoms with van der Waals surface area (Å²) in [5, 5.41) is 13.0. The van der Waals surface area contributed by atoms with Crippen molar-refractivity contribution in [2.24, 2.45) is 0 Å². The summed E-state index contributed by atoms with van der Waals surface area (Å²) in [6.07, 6.45) is 1.96. The molecular formula is C8H12N2O2S. The van der Waals surface area contributed by atoms with Gasteiger partial charge in [0.2, 0.25) is 0 Å². The SMILES string of the molecule is CCn1nc(CSC)cc1C(=O)O. The number of carboxylic acids is 1. The molecule has 1 heterocycles. The first-order valence-electron chi connectivity index (χ1n) is 3.98. The van der Waals surface area contributed by atoms with Crippen molar-refractivity contribution < 1.29 is 9.90 Å². The van der Waals surface area contributed by atoms with Crippen molar-refractivity contribution in [3.8, 4) is 0 Å². The lowest BCUT2D eigenvalue weighted by Crippen LogP contribution is -2.08. The molecule has 0 aliphatic heterocycles. The highest BCUT2D eigenvalue weighted by Gasteiger charge is 2.12. The van der Waals surface area contributed by atoms with Crippen molar-refractivity contribution in [3.05, 3.63) is 17.5 Å². The van der Waals surface area contributed by atoms with E-state index in [-0.39, 0.29) is 5.69 Å². The van der Waals surface area contributed by atoms with Crippen LogP contribution >= 0.6 is 11.8 Å². The molecule has 0 aliphatic carbocycles. The average molecular weight is 200 g/mol. The molecule has 1 aromatic rings. The van der Waals surface area contributed by atoms with Crippen LogP contribution in [0.3, 0.4) is 0 Å². The predicted molar refractivity (Wildman–Crippen MR) is 52.1 cm³/mol. The van der Waals surface area contributed by atoms with Gasteiger partial charge in [0.15, 0.2) is 0 Å². The molecule has 0 unspecified atom stereocenters. The van der Waals surface area contributed by atoms with Gasteiger partial charge in [-0.05, 0) is 19.2 Å². The minimum Gasteiger partial charge on any atom is -0.477 e. The zero-order valence-corrected chi connectivity index (χ0v) is 8.47. The molecule has 0 amide bonds. The molecule has 0 spiro atoms. The summed E-state index contributed by atoms with van der Waals surface area (Å²) < 4.78 is 1.51. The molecule has 5 heteroatoms. The lowest BCUT2D eigenvalue weighted by atomic mass is 10.4. The van der Waals surface area contributed by atoms with Gasteiger partial charge in [-0.3, -0.25) is 4.68 Å². The molecule has 1 aromatic heterocycles. The maximum absolute atomic E-state index is 10.7. The number of carbonyl (C=O) groups is 1. The van der Waals surface area contributed by atoms with Crippen LogP contribution in [0, 0.1) is 0 Å². The van der Waals surface area contributed by atoms with E-state index in [4.69, 9.17) is 5.11 Å². The van der Waals surface area contributed by atoms with Gasteiger partial charge in [-0.2, -0.15) is 16.9 Å². The van der Waals surface area contributed by atoms with Gasteiger partial charge in [-0.15, -0.1) is 0 Å². The quantitative estimate of drug-likeness (QED) is 0.799. The van der Waals surface area contributed by atoms with E-state index in [0.29, 0.717) is 6.54 Å². The Labute approximate surface area is 80.9 Å². The van der Waals surface area contributed by atoms with E-state index in [2.05, 4.69) is 5.10 Å². The Morgan fingerprint density at radius 3 is 2.85 bits per heavy atom. The molecule has 1 N–H and O–H groups in total. The molecule has 13 heavy (non-hydrogen) atoms. The van der Waals surface area contributed by atoms with Gasteiger partial charge in [-0.1, -0.05) is 0 Å². The monoisotopic (exact) mass is 200 g/mol. The third kappa shape index (κ3) is 2.24. The number of aryl methyl sites for hydroxylation is 1. The third-order valence-corrected chi connectivity index (χ3v) is 2.23. The fraction of sp³-hybridized carbons (Fsp3) is 0.500. The largest absolute Gasteiger partial charge is 0.477 e. The molecule has 0 atom stereocenters. The number of thioether (sulfide) groups is 1. The topological polar surface area (TPSA) is 55.1 Å². The molecule has 0 radical (unpaired) electrons. The fourth-order valence-corrected chi connectivity index (χ4v) is 1.54. The smallest absolute Gasteiger partial charge is 0.354 e. The second-order valence-corrected chi connectivity index (χ2v) is 3.44. The summed E-state index contributed by atoms with van der Waals surface area (Å²) >= 11 is 1.63. The van der Waals surface area contributed by atoms with E-state index in [1.54, 1.807) is 17.8 Å². The lowest BCUT2D eigenvalue weighted by molar-refractivity contribution is 0.0683. The molecule has 0 saturated heterocycles. The van der Waals surface area contributed by atoms with Crippen LogP contribution in [0.4, 0.5) is 0 Å². The highest BCUT2D eigenvalue weighted by Crippen LogP contribution is 2.10. The zero-order valence-electron chi connectivity index (χ0n) is 7.65. The fourth-order valence-electron chi connectivity index (χ4n) is 1.10. The predicted octanol–water partition coefficient (Wildman–Crippen LogP) is 1.46. The molecule has 0 aliphatic rings. The van der Waals surface area contributed by atoms with Crippen LogP contribution in [0.25, 0.3) is 0 Å². The Morgan fingerprint density at radius 1 is 1.77 bits per heavy atom. The number of nitrogens with zero attached hydrogens (tertiary/aromatic N) is 2. The molecule has 0 aromatic carbocycles. The number of carboxylic acid groups (broad SMARTS) is 1. The van der Waals surface area contributed by atoms with Crippen molar-refractivity contribution in [2.45, 2.75) is 19.2 Å². The van der Waals surface area contributed by atoms with Crippen molar-refractivity contribution in [2.75, 3.05) is 6.26 Å². The first-order valence-corrected chi connectivity index (χ1v) is 5.37. The number of aromatic nitrogens is 2. The van der Waals surface area contributed by atoms with Gasteiger partial charge in [-0.25, -0.2) is 4.79 Å². The first kappa shape index (κ1) is 10.1. The normalized spacial score (nSPS) is 10.3. The first-order chi connectivity index (χ1) is 6.19. The Kier molecular flexibility index (Phi) is 3.36. The van der Waals surface area contributed by atoms with Gasteiger partial charge >= 0.3 is 5.97 Å². The minimum atomic E-state index is -0.915. The van der Waals surface area contributed by atoms with E-state index in [1.165, 1.54) is 4.68 Å². The zero-order chi connectivity index (χ0) is 9.84. The van der Waals surface area contributed by atoms with Crippen molar-refractivity contribution in [1.29, 1.82) is 0 Å². The molecule has 0 fully saturated rings. The van der Waals surface area contributed by atoms with E-state index < -0.39 is 5.97 Å². The van der Waals surface area contributed by atoms with Crippen LogP contribution in [-0.2, 0) is 12.3 Å². The number of hydrogen-bond acceptors (Lipinski definition) is 3. The Bertz CT molecular complexity index is 309. The van der Waals surface area contributed by atoms with Crippen LogP contribution in [0.1, 0.15) is 23.1 Å². The van der Waals surface area contributed by atoms with Gasteiger partial charge in [0.1, 0.15) is 5.69 Å². The van der Waals surface area contributed by atoms with Crippen molar-refractivity contribution in [3.63, 3.8) is 0 Å². The average Bonchev–Trinajstić information content (AvgIpc) is 2.48. The summed E-state index contributed by atoms with van der Waals surface area (Å²) in [4.78, 5) is 10.7. The third-order valence-electron chi connectivity index (χ3n) is 1.64. The maximum Gasteiger partial charge on any atom is 0.354 e. The lowest BCUT2D eigenvalue weighted by Gasteiger charge is -1.97. The van der Waals surface area contributed by atoms with Crippen LogP contribution < -0.4 is 0 Å². The Balaban J connectivity index is 2.97. The summed E-state index contributed by atoms with van der Waals surface area (Å²) in [6, 6.07) is 1.63. The second kappa shape index (κ2) is 4.32. The summed E-state index contributed by atoms with van der Waals surface area (Å²) in [5.41, 5.74) is 1.10. The van der Waals surface area contributed by atoms with Crippen molar-refractivity contribution in [1.82, 2.24) is 9.78 Å². The van der Waals surface area contributed by atoms with E-state index in [0.717, 1.165) is 11.4 Å². The minimum absolute atomic E-state index is 0.270. The Morgan fingerprint density at radius 2 is 2.46 bits per heavy atom. The molecule has 0 bridgehead atoms. The molecule has 1 rings (SSSR count). The van der Waals surface area contributed by atoms with Crippen LogP contribution in [0.2, 0.25) is 0 Å². The standard InChI is InChI=1S/C8H12N2O2S/c1-3-10-7(8(11)12)4-6(9-10)5-13-2/h4H,3,5H2,1-2H3,(H,11,12).